The third kappa shape index (κ3) is 4.60. The maximum Gasteiger partial charge on any atom is 0.309 e. The molecule has 0 bridgehead atoms. The van der Waals surface area contributed by atoms with Crippen molar-refractivity contribution in [1.29, 1.82) is 0 Å². The fourth-order valence-electron chi connectivity index (χ4n) is 2.22. The first-order chi connectivity index (χ1) is 10.1. The van der Waals surface area contributed by atoms with Gasteiger partial charge in [0.25, 0.3) is 5.91 Å². The molecule has 0 radical (unpaired) electrons. The molecule has 0 aliphatic heterocycles. The van der Waals surface area contributed by atoms with E-state index in [4.69, 9.17) is 16.3 Å². The van der Waals surface area contributed by atoms with Crippen LogP contribution in [0, 0.1) is 12.8 Å². The third-order valence-corrected chi connectivity index (χ3v) is 3.65. The number of anilines is 1. The molecule has 5 heteroatoms. The Morgan fingerprint density at radius 2 is 2.19 bits per heavy atom. The number of carbonyl (C=O) groups excluding carboxylic acids is 2. The van der Waals surface area contributed by atoms with E-state index >= 15 is 0 Å². The van der Waals surface area contributed by atoms with Gasteiger partial charge in [-0.2, -0.15) is 0 Å². The number of allylic oxidation sites excluding steroid dienone is 2. The number of esters is 1. The number of hydrogen-bond acceptors (Lipinski definition) is 3. The van der Waals surface area contributed by atoms with E-state index in [1.807, 2.05) is 13.0 Å². The molecule has 0 aromatic heterocycles. The molecule has 0 fully saturated rings. The van der Waals surface area contributed by atoms with Crippen molar-refractivity contribution >= 4 is 29.2 Å². The summed E-state index contributed by atoms with van der Waals surface area (Å²) in [6, 6.07) is 5.19. The fourth-order valence-corrected chi connectivity index (χ4v) is 2.44. The Balaban J connectivity index is 1.81. The summed E-state index contributed by atoms with van der Waals surface area (Å²) in [6.45, 7) is 1.59. The minimum atomic E-state index is -0.347. The summed E-state index contributed by atoms with van der Waals surface area (Å²) in [5.41, 5.74) is 1.53. The first-order valence-electron chi connectivity index (χ1n) is 6.94. The molecule has 0 heterocycles. The number of ether oxygens (including phenoxy) is 1. The van der Waals surface area contributed by atoms with Crippen LogP contribution in [-0.4, -0.2) is 18.5 Å². The molecule has 4 nitrogen and oxygen atoms in total. The first-order valence-corrected chi connectivity index (χ1v) is 7.31. The van der Waals surface area contributed by atoms with E-state index in [2.05, 4.69) is 11.4 Å². The van der Waals surface area contributed by atoms with Crippen molar-refractivity contribution in [3.63, 3.8) is 0 Å². The second-order valence-electron chi connectivity index (χ2n) is 5.10. The minimum absolute atomic E-state index is 0.125. The third-order valence-electron chi connectivity index (χ3n) is 3.41. The number of rotatable bonds is 4. The van der Waals surface area contributed by atoms with Crippen molar-refractivity contribution in [3.8, 4) is 0 Å². The Bertz CT molecular complexity index is 569. The molecule has 0 saturated heterocycles. The lowest BCUT2D eigenvalue weighted by atomic mass is 9.95. The lowest BCUT2D eigenvalue weighted by Crippen LogP contribution is -2.25. The Labute approximate surface area is 129 Å². The predicted molar refractivity (Wildman–Crippen MR) is 82.3 cm³/mol. The van der Waals surface area contributed by atoms with Gasteiger partial charge in [0.05, 0.1) is 5.92 Å². The van der Waals surface area contributed by atoms with E-state index in [0.29, 0.717) is 17.1 Å². The molecule has 1 N–H and O–H groups in total. The number of carbonyl (C=O) groups is 2. The number of hydrogen-bond donors (Lipinski definition) is 1. The van der Waals surface area contributed by atoms with Crippen LogP contribution in [0.3, 0.4) is 0 Å². The van der Waals surface area contributed by atoms with E-state index in [0.717, 1.165) is 18.4 Å². The van der Waals surface area contributed by atoms with Gasteiger partial charge in [-0.25, -0.2) is 0 Å². The molecule has 1 aromatic rings. The van der Waals surface area contributed by atoms with Gasteiger partial charge in [-0.3, -0.25) is 9.59 Å². The summed E-state index contributed by atoms with van der Waals surface area (Å²) in [5.74, 6) is -0.775. The number of nitrogens with one attached hydrogen (secondary N) is 1. The van der Waals surface area contributed by atoms with Crippen LogP contribution in [0.15, 0.2) is 30.4 Å². The van der Waals surface area contributed by atoms with Crippen molar-refractivity contribution in [2.45, 2.75) is 26.2 Å². The van der Waals surface area contributed by atoms with Crippen molar-refractivity contribution in [1.82, 2.24) is 0 Å². The Kier molecular flexibility index (Phi) is 5.39. The molecule has 0 spiro atoms. The van der Waals surface area contributed by atoms with E-state index in [-0.39, 0.29) is 24.4 Å². The van der Waals surface area contributed by atoms with Crippen molar-refractivity contribution in [3.05, 3.63) is 40.9 Å². The summed E-state index contributed by atoms with van der Waals surface area (Å²) in [5, 5.41) is 3.32. The highest BCUT2D eigenvalue weighted by Crippen LogP contribution is 2.20. The van der Waals surface area contributed by atoms with Gasteiger partial charge in [0.1, 0.15) is 0 Å². The topological polar surface area (TPSA) is 55.4 Å². The Morgan fingerprint density at radius 1 is 1.38 bits per heavy atom. The molecule has 1 amide bonds. The summed E-state index contributed by atoms with van der Waals surface area (Å²) < 4.78 is 5.07. The molecular weight excluding hydrogens is 290 g/mol. The van der Waals surface area contributed by atoms with Gasteiger partial charge in [-0.15, -0.1) is 0 Å². The van der Waals surface area contributed by atoms with Gasteiger partial charge in [-0.05, 0) is 49.9 Å². The van der Waals surface area contributed by atoms with Crippen molar-refractivity contribution in [2.75, 3.05) is 11.9 Å². The zero-order chi connectivity index (χ0) is 15.2. The maximum atomic E-state index is 11.8. The monoisotopic (exact) mass is 307 g/mol. The largest absolute Gasteiger partial charge is 0.455 e. The summed E-state index contributed by atoms with van der Waals surface area (Å²) >= 11 is 5.85. The number of benzene rings is 1. The van der Waals surface area contributed by atoms with Crippen LogP contribution in [-0.2, 0) is 14.3 Å². The lowest BCUT2D eigenvalue weighted by Gasteiger charge is -2.16. The molecule has 112 valence electrons. The van der Waals surface area contributed by atoms with Gasteiger partial charge in [0.2, 0.25) is 0 Å². The van der Waals surface area contributed by atoms with Gasteiger partial charge >= 0.3 is 5.97 Å². The average molecular weight is 308 g/mol. The summed E-state index contributed by atoms with van der Waals surface area (Å²) in [6.07, 6.45) is 6.40. The van der Waals surface area contributed by atoms with Gasteiger partial charge in [0, 0.05) is 10.7 Å². The van der Waals surface area contributed by atoms with Crippen LogP contribution in [0.2, 0.25) is 5.02 Å². The highest BCUT2D eigenvalue weighted by atomic mass is 35.5. The minimum Gasteiger partial charge on any atom is -0.455 e. The van der Waals surface area contributed by atoms with Gasteiger partial charge in [-0.1, -0.05) is 23.8 Å². The highest BCUT2D eigenvalue weighted by molar-refractivity contribution is 6.30. The first kappa shape index (κ1) is 15.6. The van der Waals surface area contributed by atoms with Crippen LogP contribution < -0.4 is 5.32 Å². The van der Waals surface area contributed by atoms with Crippen LogP contribution >= 0.6 is 11.6 Å². The number of halogens is 1. The summed E-state index contributed by atoms with van der Waals surface area (Å²) in [7, 11) is 0. The summed E-state index contributed by atoms with van der Waals surface area (Å²) in [4.78, 5) is 23.6. The average Bonchev–Trinajstić information content (AvgIpc) is 2.48. The van der Waals surface area contributed by atoms with Crippen LogP contribution in [0.25, 0.3) is 0 Å². The number of amides is 1. The van der Waals surface area contributed by atoms with E-state index in [1.165, 1.54) is 0 Å². The molecule has 1 aromatic carbocycles. The second-order valence-corrected chi connectivity index (χ2v) is 5.53. The molecule has 0 saturated carbocycles. The Hall–Kier alpha value is -1.81. The van der Waals surface area contributed by atoms with Crippen LogP contribution in [0.5, 0.6) is 0 Å². The predicted octanol–water partition coefficient (Wildman–Crippen LogP) is 3.49. The van der Waals surface area contributed by atoms with Crippen molar-refractivity contribution in [2.24, 2.45) is 5.92 Å². The molecule has 2 rings (SSSR count). The Morgan fingerprint density at radius 3 is 2.86 bits per heavy atom. The lowest BCUT2D eigenvalue weighted by molar-refractivity contribution is -0.151. The van der Waals surface area contributed by atoms with Crippen LogP contribution in [0.4, 0.5) is 5.69 Å². The second kappa shape index (κ2) is 7.27. The van der Waals surface area contributed by atoms with Gasteiger partial charge in [0.15, 0.2) is 6.61 Å². The molecule has 1 aliphatic rings. The molecule has 21 heavy (non-hydrogen) atoms. The smallest absolute Gasteiger partial charge is 0.309 e. The zero-order valence-electron chi connectivity index (χ0n) is 11.9. The molecule has 1 atom stereocenters. The van der Waals surface area contributed by atoms with E-state index in [9.17, 15) is 9.59 Å². The molecular formula is C16H18ClNO3. The maximum absolute atomic E-state index is 11.8. The quantitative estimate of drug-likeness (QED) is 0.684. The van der Waals surface area contributed by atoms with Crippen LogP contribution in [0.1, 0.15) is 24.8 Å². The molecule has 1 aliphatic carbocycles. The SMILES string of the molecule is Cc1cc(Cl)ccc1NC(=O)COC(=O)C1CC=CCC1. The normalized spacial score (nSPS) is 17.3. The van der Waals surface area contributed by atoms with Crippen molar-refractivity contribution < 1.29 is 14.3 Å². The fraction of sp³-hybridized carbons (Fsp3) is 0.375. The molecule has 1 unspecified atom stereocenters. The number of aryl methyl sites for hydroxylation is 1. The van der Waals surface area contributed by atoms with E-state index in [1.54, 1.807) is 18.2 Å². The van der Waals surface area contributed by atoms with Gasteiger partial charge < -0.3 is 10.1 Å². The highest BCUT2D eigenvalue weighted by Gasteiger charge is 2.21. The zero-order valence-corrected chi connectivity index (χ0v) is 12.7. The van der Waals surface area contributed by atoms with E-state index < -0.39 is 0 Å². The standard InChI is InChI=1S/C16H18ClNO3/c1-11-9-13(17)7-8-14(11)18-15(19)10-21-16(20)12-5-3-2-4-6-12/h2-3,7-9,12H,4-6,10H2,1H3,(H,18,19).